The van der Waals surface area contributed by atoms with Gasteiger partial charge in [-0.3, -0.25) is 4.79 Å². The number of likely N-dealkylation sites (N-methyl/N-ethyl adjacent to an activating group) is 2. The largest absolute Gasteiger partial charge is 0.370 e. The molecule has 0 saturated heterocycles. The van der Waals surface area contributed by atoms with E-state index in [2.05, 4.69) is 29.3 Å². The predicted molar refractivity (Wildman–Crippen MR) is 85.6 cm³/mol. The average molecular weight is 290 g/mol. The van der Waals surface area contributed by atoms with Gasteiger partial charge in [0, 0.05) is 31.9 Å². The maximum Gasteiger partial charge on any atom is 0.257 e. The molecule has 1 saturated carbocycles. The molecule has 1 amide bonds. The summed E-state index contributed by atoms with van der Waals surface area (Å²) in [5.41, 5.74) is 0.792. The van der Waals surface area contributed by atoms with Gasteiger partial charge in [0.2, 0.25) is 0 Å². The first kappa shape index (κ1) is 15.8. The summed E-state index contributed by atoms with van der Waals surface area (Å²) in [4.78, 5) is 21.1. The molecular formula is C16H26N4O. The summed E-state index contributed by atoms with van der Waals surface area (Å²) in [6.07, 6.45) is 5.27. The molecule has 21 heavy (non-hydrogen) atoms. The molecule has 0 bridgehead atoms. The number of nitrogens with zero attached hydrogens (tertiary/aromatic N) is 3. The van der Waals surface area contributed by atoms with Crippen LogP contribution in [0.5, 0.6) is 0 Å². The molecule has 5 heteroatoms. The van der Waals surface area contributed by atoms with E-state index in [0.717, 1.165) is 25.9 Å². The van der Waals surface area contributed by atoms with Crippen LogP contribution in [0.1, 0.15) is 36.5 Å². The van der Waals surface area contributed by atoms with Gasteiger partial charge in [0.25, 0.3) is 5.91 Å². The summed E-state index contributed by atoms with van der Waals surface area (Å²) >= 11 is 0. The van der Waals surface area contributed by atoms with Crippen molar-refractivity contribution in [3.05, 3.63) is 23.9 Å². The van der Waals surface area contributed by atoms with Gasteiger partial charge in [-0.25, -0.2) is 4.98 Å². The molecular weight excluding hydrogens is 264 g/mol. The lowest BCUT2D eigenvalue weighted by molar-refractivity contribution is 0.0253. The molecule has 0 aromatic carbocycles. The van der Waals surface area contributed by atoms with Crippen molar-refractivity contribution in [3.63, 3.8) is 0 Å². The molecule has 1 aliphatic rings. The number of carbonyl (C=O) groups excluding carboxylic acids is 1. The van der Waals surface area contributed by atoms with Crippen LogP contribution in [-0.4, -0.2) is 60.5 Å². The number of nitrogens with one attached hydrogen (secondary N) is 1. The molecule has 0 spiro atoms. The Morgan fingerprint density at radius 1 is 1.38 bits per heavy atom. The molecule has 1 fully saturated rings. The molecule has 0 radical (unpaired) electrons. The molecule has 1 aromatic heterocycles. The highest BCUT2D eigenvalue weighted by molar-refractivity contribution is 5.98. The molecule has 116 valence electrons. The van der Waals surface area contributed by atoms with Crippen molar-refractivity contribution in [2.24, 2.45) is 0 Å². The third-order valence-electron chi connectivity index (χ3n) is 4.49. The Morgan fingerprint density at radius 3 is 2.62 bits per heavy atom. The third kappa shape index (κ3) is 3.18. The highest BCUT2D eigenvalue weighted by atomic mass is 16.2. The van der Waals surface area contributed by atoms with Crippen molar-refractivity contribution in [1.82, 2.24) is 14.8 Å². The third-order valence-corrected chi connectivity index (χ3v) is 4.49. The van der Waals surface area contributed by atoms with Crippen LogP contribution in [0.3, 0.4) is 0 Å². The van der Waals surface area contributed by atoms with Gasteiger partial charge < -0.3 is 15.1 Å². The Labute approximate surface area is 127 Å². The van der Waals surface area contributed by atoms with Crippen molar-refractivity contribution < 1.29 is 4.79 Å². The fraction of sp³-hybridized carbons (Fsp3) is 0.625. The molecule has 1 heterocycles. The van der Waals surface area contributed by atoms with Gasteiger partial charge in [0.15, 0.2) is 0 Å². The Balaban J connectivity index is 2.12. The zero-order chi connectivity index (χ0) is 15.5. The van der Waals surface area contributed by atoms with Crippen molar-refractivity contribution in [2.45, 2.75) is 31.7 Å². The summed E-state index contributed by atoms with van der Waals surface area (Å²) in [7, 11) is 6.09. The van der Waals surface area contributed by atoms with Crippen molar-refractivity contribution in [1.29, 1.82) is 0 Å². The van der Waals surface area contributed by atoms with Crippen LogP contribution in [0.2, 0.25) is 0 Å². The van der Waals surface area contributed by atoms with Crippen LogP contribution < -0.4 is 5.32 Å². The van der Waals surface area contributed by atoms with Gasteiger partial charge in [-0.15, -0.1) is 0 Å². The maximum absolute atomic E-state index is 12.7. The molecule has 2 rings (SSSR count). The number of pyridine rings is 1. The lowest BCUT2D eigenvalue weighted by Crippen LogP contribution is -2.57. The van der Waals surface area contributed by atoms with Gasteiger partial charge in [0.05, 0.1) is 5.56 Å². The summed E-state index contributed by atoms with van der Waals surface area (Å²) in [5, 5.41) is 3.16. The molecule has 1 aliphatic carbocycles. The van der Waals surface area contributed by atoms with Gasteiger partial charge in [-0.05, 0) is 52.4 Å². The van der Waals surface area contributed by atoms with Crippen LogP contribution in [0, 0.1) is 0 Å². The Hall–Kier alpha value is -1.62. The van der Waals surface area contributed by atoms with E-state index >= 15 is 0 Å². The smallest absolute Gasteiger partial charge is 0.257 e. The number of carbonyl (C=O) groups is 1. The molecule has 5 nitrogen and oxygen atoms in total. The maximum atomic E-state index is 12.7. The van der Waals surface area contributed by atoms with E-state index in [4.69, 9.17) is 0 Å². The lowest BCUT2D eigenvalue weighted by atomic mass is 9.75. The van der Waals surface area contributed by atoms with Crippen molar-refractivity contribution in [3.8, 4) is 0 Å². The Bertz CT molecular complexity index is 497. The Kier molecular flexibility index (Phi) is 4.83. The van der Waals surface area contributed by atoms with Crippen molar-refractivity contribution >= 4 is 11.7 Å². The zero-order valence-electron chi connectivity index (χ0n) is 13.5. The second kappa shape index (κ2) is 6.43. The Morgan fingerprint density at radius 2 is 2.10 bits per heavy atom. The van der Waals surface area contributed by atoms with Crippen LogP contribution in [0.4, 0.5) is 5.82 Å². The van der Waals surface area contributed by atoms with Crippen LogP contribution in [0.15, 0.2) is 18.3 Å². The average Bonchev–Trinajstić information content (AvgIpc) is 2.42. The number of amides is 1. The fourth-order valence-electron chi connectivity index (χ4n) is 2.94. The fourth-order valence-corrected chi connectivity index (χ4v) is 2.94. The van der Waals surface area contributed by atoms with E-state index in [1.54, 1.807) is 6.20 Å². The van der Waals surface area contributed by atoms with Crippen LogP contribution in [-0.2, 0) is 0 Å². The number of rotatable bonds is 6. The van der Waals surface area contributed by atoms with E-state index in [0.29, 0.717) is 11.4 Å². The van der Waals surface area contributed by atoms with Crippen LogP contribution >= 0.6 is 0 Å². The SMILES string of the molecule is CCNc1ncccc1C(=O)N(C)CC1(N(C)C)CCC1. The minimum Gasteiger partial charge on any atom is -0.370 e. The molecule has 1 N–H and O–H groups in total. The van der Waals surface area contributed by atoms with E-state index < -0.39 is 0 Å². The van der Waals surface area contributed by atoms with Crippen LogP contribution in [0.25, 0.3) is 0 Å². The van der Waals surface area contributed by atoms with Gasteiger partial charge in [-0.1, -0.05) is 0 Å². The number of hydrogen-bond donors (Lipinski definition) is 1. The summed E-state index contributed by atoms with van der Waals surface area (Å²) < 4.78 is 0. The second-order valence-electron chi connectivity index (χ2n) is 6.06. The topological polar surface area (TPSA) is 48.5 Å². The molecule has 0 atom stereocenters. The zero-order valence-corrected chi connectivity index (χ0v) is 13.5. The number of aromatic nitrogens is 1. The first-order chi connectivity index (χ1) is 10.00. The monoisotopic (exact) mass is 290 g/mol. The molecule has 0 unspecified atom stereocenters. The van der Waals surface area contributed by atoms with Gasteiger partial charge in [0.1, 0.15) is 5.82 Å². The van der Waals surface area contributed by atoms with E-state index in [9.17, 15) is 4.79 Å². The minimum atomic E-state index is 0.0344. The molecule has 0 aliphatic heterocycles. The molecule has 1 aromatic rings. The number of hydrogen-bond acceptors (Lipinski definition) is 4. The van der Waals surface area contributed by atoms with Gasteiger partial charge in [-0.2, -0.15) is 0 Å². The normalized spacial score (nSPS) is 16.4. The van der Waals surface area contributed by atoms with E-state index in [-0.39, 0.29) is 11.4 Å². The first-order valence-corrected chi connectivity index (χ1v) is 7.62. The van der Waals surface area contributed by atoms with Gasteiger partial charge >= 0.3 is 0 Å². The quantitative estimate of drug-likeness (QED) is 0.871. The summed E-state index contributed by atoms with van der Waals surface area (Å²) in [6.45, 7) is 3.52. The highest BCUT2D eigenvalue weighted by Gasteiger charge is 2.40. The number of anilines is 1. The van der Waals surface area contributed by atoms with E-state index in [1.165, 1.54) is 6.42 Å². The van der Waals surface area contributed by atoms with E-state index in [1.807, 2.05) is 31.0 Å². The van der Waals surface area contributed by atoms with Crippen molar-refractivity contribution in [2.75, 3.05) is 39.5 Å². The summed E-state index contributed by atoms with van der Waals surface area (Å²) in [5.74, 6) is 0.705. The lowest BCUT2D eigenvalue weighted by Gasteiger charge is -2.49. The minimum absolute atomic E-state index is 0.0344. The summed E-state index contributed by atoms with van der Waals surface area (Å²) in [6, 6.07) is 3.65. The highest BCUT2D eigenvalue weighted by Crippen LogP contribution is 2.36. The predicted octanol–water partition coefficient (Wildman–Crippen LogP) is 2.07. The first-order valence-electron chi connectivity index (χ1n) is 7.62. The second-order valence-corrected chi connectivity index (χ2v) is 6.06. The standard InChI is InChI=1S/C16H26N4O/c1-5-17-14-13(8-6-11-18-14)15(21)20(4)12-16(19(2)3)9-7-10-16/h6,8,11H,5,7,9-10,12H2,1-4H3,(H,17,18).